The van der Waals surface area contributed by atoms with Crippen LogP contribution in [0, 0.1) is 0 Å². The van der Waals surface area contributed by atoms with Crippen molar-refractivity contribution in [2.75, 3.05) is 24.2 Å². The lowest BCUT2D eigenvalue weighted by Gasteiger charge is -2.31. The number of anilines is 1. The minimum atomic E-state index is 0.00809. The average Bonchev–Trinajstić information content (AvgIpc) is 3.38. The summed E-state index contributed by atoms with van der Waals surface area (Å²) in [5, 5.41) is 9.45. The lowest BCUT2D eigenvalue weighted by Crippen LogP contribution is -2.41. The predicted octanol–water partition coefficient (Wildman–Crippen LogP) is 4.64. The van der Waals surface area contributed by atoms with Gasteiger partial charge in [0, 0.05) is 31.1 Å². The lowest BCUT2D eigenvalue weighted by atomic mass is 10.1. The molecular formula is C25H30N6OS. The second-order valence-electron chi connectivity index (χ2n) is 8.11. The molecular weight excluding hydrogens is 432 g/mol. The van der Waals surface area contributed by atoms with Crippen LogP contribution in [-0.4, -0.2) is 56.4 Å². The highest BCUT2D eigenvalue weighted by Crippen LogP contribution is 2.28. The molecule has 0 aliphatic carbocycles. The number of nitrogens with zero attached hydrogens (tertiary/aromatic N) is 6. The summed E-state index contributed by atoms with van der Waals surface area (Å²) in [5.41, 5.74) is 3.74. The Hall–Kier alpha value is -3.13. The summed E-state index contributed by atoms with van der Waals surface area (Å²) in [6.07, 6.45) is 5.21. The number of carbonyl (C=O) groups is 1. The van der Waals surface area contributed by atoms with Crippen LogP contribution in [0.25, 0.3) is 5.69 Å². The van der Waals surface area contributed by atoms with Gasteiger partial charge in [0.1, 0.15) is 0 Å². The Morgan fingerprint density at radius 3 is 2.55 bits per heavy atom. The highest BCUT2D eigenvalue weighted by atomic mass is 32.2. The number of hydrogen-bond donors (Lipinski definition) is 0. The van der Waals surface area contributed by atoms with Gasteiger partial charge in [0.05, 0.1) is 30.2 Å². The van der Waals surface area contributed by atoms with Gasteiger partial charge in [0.2, 0.25) is 0 Å². The van der Waals surface area contributed by atoms with Gasteiger partial charge in [-0.2, -0.15) is 15.0 Å². The summed E-state index contributed by atoms with van der Waals surface area (Å²) in [4.78, 5) is 24.1. The molecule has 1 aliphatic rings. The molecule has 0 saturated heterocycles. The van der Waals surface area contributed by atoms with Crippen molar-refractivity contribution >= 4 is 28.5 Å². The first-order valence-corrected chi connectivity index (χ1v) is 12.3. The zero-order valence-corrected chi connectivity index (χ0v) is 20.2. The second-order valence-corrected chi connectivity index (χ2v) is 9.17. The third-order valence-corrected chi connectivity index (χ3v) is 6.90. The Balaban J connectivity index is 1.49. The minimum absolute atomic E-state index is 0.00809. The molecule has 2 aromatic carbocycles. The van der Waals surface area contributed by atoms with Gasteiger partial charge in [0.25, 0.3) is 5.91 Å². The van der Waals surface area contributed by atoms with Gasteiger partial charge in [-0.3, -0.25) is 9.79 Å². The van der Waals surface area contributed by atoms with Crippen molar-refractivity contribution in [3.05, 3.63) is 72.1 Å². The van der Waals surface area contributed by atoms with E-state index in [1.165, 1.54) is 16.0 Å². The van der Waals surface area contributed by atoms with E-state index in [0.717, 1.165) is 23.8 Å². The van der Waals surface area contributed by atoms with Crippen LogP contribution in [0.3, 0.4) is 0 Å². The Kier molecular flexibility index (Phi) is 7.44. The maximum Gasteiger partial charge on any atom is 0.256 e. The van der Waals surface area contributed by atoms with Crippen LogP contribution in [0.1, 0.15) is 42.6 Å². The third-order valence-electron chi connectivity index (χ3n) is 5.86. The molecule has 0 bridgehead atoms. The maximum atomic E-state index is 13.7. The summed E-state index contributed by atoms with van der Waals surface area (Å²) in [7, 11) is 2.06. The molecule has 7 nitrogen and oxygen atoms in total. The smallest absolute Gasteiger partial charge is 0.256 e. The number of aromatic nitrogens is 3. The second kappa shape index (κ2) is 10.7. The molecule has 8 heteroatoms. The van der Waals surface area contributed by atoms with Crippen LogP contribution in [0.5, 0.6) is 0 Å². The van der Waals surface area contributed by atoms with Gasteiger partial charge >= 0.3 is 0 Å². The normalized spacial score (nSPS) is 13.9. The SMILES string of the molecule is CCCC(C)N(CCSC1=NCc2ccccc2N1C)C(=O)c1ccccc1-n1nccn1. The molecule has 0 saturated carbocycles. The fourth-order valence-electron chi connectivity index (χ4n) is 4.13. The van der Waals surface area contributed by atoms with Gasteiger partial charge in [-0.25, -0.2) is 0 Å². The number of para-hydroxylation sites is 2. The molecule has 1 aromatic heterocycles. The predicted molar refractivity (Wildman–Crippen MR) is 135 cm³/mol. The first-order valence-electron chi connectivity index (χ1n) is 11.4. The number of amides is 1. The number of benzene rings is 2. The molecule has 1 unspecified atom stereocenters. The number of carbonyl (C=O) groups excluding carboxylic acids is 1. The molecule has 172 valence electrons. The van der Waals surface area contributed by atoms with Crippen molar-refractivity contribution in [1.82, 2.24) is 19.9 Å². The van der Waals surface area contributed by atoms with Gasteiger partial charge in [-0.1, -0.05) is 55.4 Å². The number of hydrogen-bond acceptors (Lipinski definition) is 6. The monoisotopic (exact) mass is 462 g/mol. The molecule has 0 N–H and O–H groups in total. The van der Waals surface area contributed by atoms with Crippen LogP contribution in [0.4, 0.5) is 5.69 Å². The summed E-state index contributed by atoms with van der Waals surface area (Å²) < 4.78 is 0. The molecule has 3 aromatic rings. The van der Waals surface area contributed by atoms with Gasteiger partial charge in [-0.15, -0.1) is 0 Å². The standard InChI is InChI=1S/C25H30N6OS/c1-4-9-19(2)30(24(32)21-11-6-8-13-23(21)31-27-14-15-28-31)16-17-33-25-26-18-20-10-5-7-12-22(20)29(25)3/h5-8,10-15,19H,4,9,16-18H2,1-3H3. The number of fused-ring (bicyclic) bond motifs is 1. The van der Waals surface area contributed by atoms with Crippen molar-refractivity contribution < 1.29 is 4.79 Å². The number of thioether (sulfide) groups is 1. The van der Waals surface area contributed by atoms with Gasteiger partial charge < -0.3 is 9.80 Å². The van der Waals surface area contributed by atoms with E-state index in [0.29, 0.717) is 24.3 Å². The zero-order chi connectivity index (χ0) is 23.2. The zero-order valence-electron chi connectivity index (χ0n) is 19.4. The van der Waals surface area contributed by atoms with E-state index >= 15 is 0 Å². The van der Waals surface area contributed by atoms with Gasteiger partial charge in [0.15, 0.2) is 5.17 Å². The first-order chi connectivity index (χ1) is 16.1. The Labute approximate surface area is 199 Å². The molecule has 1 atom stereocenters. The largest absolute Gasteiger partial charge is 0.335 e. The number of aliphatic imine (C=N–C) groups is 1. The van der Waals surface area contributed by atoms with Crippen molar-refractivity contribution in [2.24, 2.45) is 4.99 Å². The average molecular weight is 463 g/mol. The molecule has 1 aliphatic heterocycles. The fourth-order valence-corrected chi connectivity index (χ4v) is 5.05. The minimum Gasteiger partial charge on any atom is -0.335 e. The summed E-state index contributed by atoms with van der Waals surface area (Å²) in [6.45, 7) is 5.61. The maximum absolute atomic E-state index is 13.7. The highest BCUT2D eigenvalue weighted by molar-refractivity contribution is 8.14. The van der Waals surface area contributed by atoms with E-state index < -0.39 is 0 Å². The van der Waals surface area contributed by atoms with Crippen molar-refractivity contribution in [3.8, 4) is 5.69 Å². The Morgan fingerprint density at radius 1 is 1.09 bits per heavy atom. The van der Waals surface area contributed by atoms with E-state index in [1.807, 2.05) is 29.2 Å². The van der Waals surface area contributed by atoms with Crippen molar-refractivity contribution in [1.29, 1.82) is 0 Å². The fraction of sp³-hybridized carbons (Fsp3) is 0.360. The molecule has 33 heavy (non-hydrogen) atoms. The van der Waals surface area contributed by atoms with E-state index in [1.54, 1.807) is 24.2 Å². The number of rotatable bonds is 8. The van der Waals surface area contributed by atoms with Crippen LogP contribution >= 0.6 is 11.8 Å². The molecule has 4 rings (SSSR count). The Bertz CT molecular complexity index is 1110. The van der Waals surface area contributed by atoms with Crippen LogP contribution in [0.15, 0.2) is 65.9 Å². The quantitative estimate of drug-likeness (QED) is 0.488. The molecule has 0 fully saturated rings. The van der Waals surface area contributed by atoms with E-state index in [2.05, 4.69) is 60.3 Å². The molecule has 0 radical (unpaired) electrons. The van der Waals surface area contributed by atoms with Crippen molar-refractivity contribution in [3.63, 3.8) is 0 Å². The lowest BCUT2D eigenvalue weighted by molar-refractivity contribution is 0.0697. The Morgan fingerprint density at radius 2 is 1.79 bits per heavy atom. The van der Waals surface area contributed by atoms with E-state index in [4.69, 9.17) is 4.99 Å². The highest BCUT2D eigenvalue weighted by Gasteiger charge is 2.25. The van der Waals surface area contributed by atoms with E-state index in [9.17, 15) is 4.79 Å². The number of amidine groups is 1. The van der Waals surface area contributed by atoms with Gasteiger partial charge in [-0.05, 0) is 37.1 Å². The van der Waals surface area contributed by atoms with Crippen molar-refractivity contribution in [2.45, 2.75) is 39.3 Å². The first kappa shape index (κ1) is 23.0. The van der Waals surface area contributed by atoms with E-state index in [-0.39, 0.29) is 11.9 Å². The summed E-state index contributed by atoms with van der Waals surface area (Å²) in [5.74, 6) is 0.779. The van der Waals surface area contributed by atoms with Crippen LogP contribution < -0.4 is 4.90 Å². The summed E-state index contributed by atoms with van der Waals surface area (Å²) >= 11 is 1.70. The summed E-state index contributed by atoms with van der Waals surface area (Å²) in [6, 6.07) is 16.0. The molecule has 0 spiro atoms. The third kappa shape index (κ3) is 5.11. The van der Waals surface area contributed by atoms with Crippen LogP contribution in [-0.2, 0) is 6.54 Å². The molecule has 2 heterocycles. The van der Waals surface area contributed by atoms with Crippen LogP contribution in [0.2, 0.25) is 0 Å². The molecule has 1 amide bonds. The topological polar surface area (TPSA) is 66.6 Å².